The first-order chi connectivity index (χ1) is 12.0. The van der Waals surface area contributed by atoms with Gasteiger partial charge in [-0.05, 0) is 44.4 Å². The number of piperidine rings is 1. The van der Waals surface area contributed by atoms with Gasteiger partial charge in [0.15, 0.2) is 0 Å². The number of nitrogens with one attached hydrogen (secondary N) is 1. The van der Waals surface area contributed by atoms with Gasteiger partial charge in [0, 0.05) is 37.1 Å². The van der Waals surface area contributed by atoms with Crippen molar-refractivity contribution in [2.75, 3.05) is 18.0 Å². The first kappa shape index (κ1) is 17.8. The zero-order chi connectivity index (χ0) is 17.8. The van der Waals surface area contributed by atoms with E-state index in [0.717, 1.165) is 35.9 Å². The van der Waals surface area contributed by atoms with E-state index in [4.69, 9.17) is 0 Å². The number of benzene rings is 1. The van der Waals surface area contributed by atoms with Gasteiger partial charge in [0.05, 0.1) is 5.92 Å². The van der Waals surface area contributed by atoms with Gasteiger partial charge < -0.3 is 10.2 Å². The molecule has 1 fully saturated rings. The molecular formula is C18H23FN4OS. The zero-order valence-corrected chi connectivity index (χ0v) is 15.4. The van der Waals surface area contributed by atoms with Crippen LogP contribution in [0.15, 0.2) is 24.3 Å². The predicted octanol–water partition coefficient (Wildman–Crippen LogP) is 3.01. The number of carbonyl (C=O) groups excluding carboxylic acids is 1. The number of aromatic nitrogens is 2. The Morgan fingerprint density at radius 1 is 1.40 bits per heavy atom. The maximum atomic E-state index is 13.0. The molecular weight excluding hydrogens is 339 g/mol. The van der Waals surface area contributed by atoms with E-state index >= 15 is 0 Å². The van der Waals surface area contributed by atoms with Gasteiger partial charge in [0.1, 0.15) is 11.6 Å². The van der Waals surface area contributed by atoms with Crippen LogP contribution in [0, 0.1) is 11.7 Å². The maximum Gasteiger partial charge on any atom is 0.225 e. The highest BCUT2D eigenvalue weighted by Crippen LogP contribution is 2.25. The molecule has 134 valence electrons. The molecule has 0 saturated carbocycles. The molecule has 0 radical (unpaired) electrons. The van der Waals surface area contributed by atoms with E-state index in [1.54, 1.807) is 12.1 Å². The molecule has 1 N–H and O–H groups in total. The van der Waals surface area contributed by atoms with E-state index in [1.807, 2.05) is 13.8 Å². The fraction of sp³-hybridized carbons (Fsp3) is 0.500. The number of rotatable bonds is 5. The van der Waals surface area contributed by atoms with Crippen LogP contribution >= 0.6 is 11.5 Å². The van der Waals surface area contributed by atoms with Crippen LogP contribution in [-0.4, -0.2) is 34.4 Å². The molecule has 1 aromatic carbocycles. The van der Waals surface area contributed by atoms with Crippen molar-refractivity contribution >= 4 is 22.6 Å². The number of anilines is 1. The number of halogens is 1. The van der Waals surface area contributed by atoms with Crippen molar-refractivity contribution in [1.29, 1.82) is 0 Å². The van der Waals surface area contributed by atoms with Crippen LogP contribution < -0.4 is 10.2 Å². The van der Waals surface area contributed by atoms with Crippen LogP contribution in [-0.2, 0) is 11.2 Å². The Balaban J connectivity index is 1.63. The molecule has 0 unspecified atom stereocenters. The SMILES string of the molecule is CC(C)NC(=O)[C@H]1CCCN(c2nc(Cc3ccc(F)cc3)ns2)C1. The average molecular weight is 362 g/mol. The molecule has 0 spiro atoms. The van der Waals surface area contributed by atoms with Crippen molar-refractivity contribution in [2.45, 2.75) is 39.2 Å². The number of carbonyl (C=O) groups is 1. The Morgan fingerprint density at radius 2 is 2.16 bits per heavy atom. The highest BCUT2D eigenvalue weighted by molar-refractivity contribution is 7.09. The summed E-state index contributed by atoms with van der Waals surface area (Å²) in [5.74, 6) is 0.617. The molecule has 25 heavy (non-hydrogen) atoms. The summed E-state index contributed by atoms with van der Waals surface area (Å²) in [6, 6.07) is 6.56. The maximum absolute atomic E-state index is 13.0. The molecule has 3 rings (SSSR count). The molecule has 0 aliphatic carbocycles. The van der Waals surface area contributed by atoms with Gasteiger partial charge in [-0.15, -0.1) is 0 Å². The molecule has 7 heteroatoms. The van der Waals surface area contributed by atoms with Gasteiger partial charge >= 0.3 is 0 Å². The van der Waals surface area contributed by atoms with E-state index < -0.39 is 0 Å². The minimum absolute atomic E-state index is 0.000554. The quantitative estimate of drug-likeness (QED) is 0.888. The van der Waals surface area contributed by atoms with Gasteiger partial charge in [-0.25, -0.2) is 9.37 Å². The fourth-order valence-corrected chi connectivity index (χ4v) is 3.72. The lowest BCUT2D eigenvalue weighted by atomic mass is 9.97. The van der Waals surface area contributed by atoms with Crippen LogP contribution in [0.2, 0.25) is 0 Å². The van der Waals surface area contributed by atoms with Crippen molar-refractivity contribution in [3.8, 4) is 0 Å². The summed E-state index contributed by atoms with van der Waals surface area (Å²) in [5, 5.41) is 3.86. The summed E-state index contributed by atoms with van der Waals surface area (Å²) in [5.41, 5.74) is 0.985. The third-order valence-corrected chi connectivity index (χ3v) is 5.04. The van der Waals surface area contributed by atoms with Crippen molar-refractivity contribution in [2.24, 2.45) is 5.92 Å². The fourth-order valence-electron chi connectivity index (χ4n) is 3.00. The highest BCUT2D eigenvalue weighted by atomic mass is 32.1. The molecule has 1 aliphatic heterocycles. The van der Waals surface area contributed by atoms with Gasteiger partial charge in [-0.2, -0.15) is 4.37 Å². The Bertz CT molecular complexity index is 716. The molecule has 5 nitrogen and oxygen atoms in total. The summed E-state index contributed by atoms with van der Waals surface area (Å²) >= 11 is 1.37. The van der Waals surface area contributed by atoms with E-state index in [1.165, 1.54) is 23.7 Å². The summed E-state index contributed by atoms with van der Waals surface area (Å²) in [6.45, 7) is 5.54. The second-order valence-corrected chi connectivity index (χ2v) is 7.48. The Labute approximate surface area is 151 Å². The van der Waals surface area contributed by atoms with Crippen LogP contribution in [0.5, 0.6) is 0 Å². The number of hydrogen-bond acceptors (Lipinski definition) is 5. The first-order valence-electron chi connectivity index (χ1n) is 8.63. The first-order valence-corrected chi connectivity index (χ1v) is 9.41. The Kier molecular flexibility index (Phi) is 5.63. The Morgan fingerprint density at radius 3 is 2.88 bits per heavy atom. The number of nitrogens with zero attached hydrogens (tertiary/aromatic N) is 3. The van der Waals surface area contributed by atoms with Gasteiger partial charge in [-0.1, -0.05) is 12.1 Å². The van der Waals surface area contributed by atoms with E-state index in [2.05, 4.69) is 19.6 Å². The second kappa shape index (κ2) is 7.91. The van der Waals surface area contributed by atoms with Crippen LogP contribution in [0.1, 0.15) is 38.1 Å². The van der Waals surface area contributed by atoms with Crippen molar-refractivity contribution in [3.63, 3.8) is 0 Å². The third-order valence-electron chi connectivity index (χ3n) is 4.23. The largest absolute Gasteiger partial charge is 0.354 e. The molecule has 1 atom stereocenters. The molecule has 0 bridgehead atoms. The van der Waals surface area contributed by atoms with E-state index in [0.29, 0.717) is 13.0 Å². The third kappa shape index (κ3) is 4.75. The monoisotopic (exact) mass is 362 g/mol. The van der Waals surface area contributed by atoms with E-state index in [-0.39, 0.29) is 23.7 Å². The normalized spacial score (nSPS) is 17.8. The van der Waals surface area contributed by atoms with Crippen LogP contribution in [0.3, 0.4) is 0 Å². The lowest BCUT2D eigenvalue weighted by molar-refractivity contribution is -0.125. The lowest BCUT2D eigenvalue weighted by Gasteiger charge is -2.31. The zero-order valence-electron chi connectivity index (χ0n) is 14.5. The molecule has 1 saturated heterocycles. The Hall–Kier alpha value is -2.02. The summed E-state index contributed by atoms with van der Waals surface area (Å²) in [6.07, 6.45) is 2.47. The van der Waals surface area contributed by atoms with E-state index in [9.17, 15) is 9.18 Å². The molecule has 2 heterocycles. The topological polar surface area (TPSA) is 58.1 Å². The standard InChI is InChI=1S/C18H23FN4OS/c1-12(2)20-17(24)14-4-3-9-23(11-14)18-21-16(22-25-18)10-13-5-7-15(19)8-6-13/h5-8,12,14H,3-4,9-11H2,1-2H3,(H,20,24)/t14-/m0/s1. The minimum atomic E-state index is -0.241. The molecule has 1 aliphatic rings. The highest BCUT2D eigenvalue weighted by Gasteiger charge is 2.27. The van der Waals surface area contributed by atoms with Crippen molar-refractivity contribution < 1.29 is 9.18 Å². The average Bonchev–Trinajstić information content (AvgIpc) is 3.05. The second-order valence-electron chi connectivity index (χ2n) is 6.74. The summed E-state index contributed by atoms with van der Waals surface area (Å²) in [4.78, 5) is 19.0. The summed E-state index contributed by atoms with van der Waals surface area (Å²) in [7, 11) is 0. The summed E-state index contributed by atoms with van der Waals surface area (Å²) < 4.78 is 17.4. The van der Waals surface area contributed by atoms with Gasteiger partial charge in [0.2, 0.25) is 11.0 Å². The molecule has 1 aromatic heterocycles. The predicted molar refractivity (Wildman–Crippen MR) is 97.3 cm³/mol. The van der Waals surface area contributed by atoms with Crippen LogP contribution in [0.25, 0.3) is 0 Å². The minimum Gasteiger partial charge on any atom is -0.354 e. The lowest BCUT2D eigenvalue weighted by Crippen LogP contribution is -2.44. The smallest absolute Gasteiger partial charge is 0.225 e. The van der Waals surface area contributed by atoms with Crippen LogP contribution in [0.4, 0.5) is 9.52 Å². The molecule has 2 aromatic rings. The van der Waals surface area contributed by atoms with Gasteiger partial charge in [0.25, 0.3) is 0 Å². The number of hydrogen-bond donors (Lipinski definition) is 1. The molecule has 1 amide bonds. The number of amides is 1. The van der Waals surface area contributed by atoms with Crippen molar-refractivity contribution in [1.82, 2.24) is 14.7 Å². The van der Waals surface area contributed by atoms with Gasteiger partial charge in [-0.3, -0.25) is 4.79 Å². The van der Waals surface area contributed by atoms with Crippen molar-refractivity contribution in [3.05, 3.63) is 41.5 Å².